The Morgan fingerprint density at radius 3 is 1.17 bits per heavy atom. The molecule has 810 valence electrons. The van der Waals surface area contributed by atoms with Crippen LogP contribution in [0.5, 0.6) is 0 Å². The van der Waals surface area contributed by atoms with Gasteiger partial charge in [0.2, 0.25) is 27.0 Å². The summed E-state index contributed by atoms with van der Waals surface area (Å²) in [5.74, 6) is -0.742. The highest BCUT2D eigenvalue weighted by molar-refractivity contribution is 7.48. The van der Waals surface area contributed by atoms with Gasteiger partial charge in [-0.3, -0.25) is 46.3 Å². The Morgan fingerprint density at radius 1 is 0.421 bits per heavy atom. The predicted octanol–water partition coefficient (Wildman–Crippen LogP) is 16.8. The zero-order chi connectivity index (χ0) is 105. The van der Waals surface area contributed by atoms with Crippen LogP contribution >= 0.6 is 41.5 Å². The molecule has 2 N–H and O–H groups in total. The molecule has 3 rings (SSSR count). The molecule has 0 aromatic rings. The number of nitrogens with zero attached hydrogens (tertiary/aromatic N) is 5. The van der Waals surface area contributed by atoms with Gasteiger partial charge in [-0.2, -0.15) is 10.5 Å². The lowest BCUT2D eigenvalue weighted by Crippen LogP contribution is -2.58. The van der Waals surface area contributed by atoms with E-state index < -0.39 is 96.4 Å². The van der Waals surface area contributed by atoms with Gasteiger partial charge >= 0.3 is 59.4 Å². The Hall–Kier alpha value is -4.00. The zero-order valence-corrected chi connectivity index (χ0v) is 89.9. The molecule has 1 amide bonds. The molecule has 3 saturated heterocycles. The van der Waals surface area contributed by atoms with Gasteiger partial charge in [-0.1, -0.05) is 101 Å². The maximum atomic E-state index is 15.1. The minimum Gasteiger partial charge on any atom is -0.463 e. The lowest BCUT2D eigenvalue weighted by molar-refractivity contribution is -0.255. The highest BCUT2D eigenvalue weighted by Crippen LogP contribution is 2.52. The number of nitriles is 2. The zero-order valence-electron chi connectivity index (χ0n) is 87.4. The van der Waals surface area contributed by atoms with Crippen LogP contribution in [0.4, 0.5) is 0 Å². The number of nitrogens with one attached hydrogen (secondary N) is 1. The van der Waals surface area contributed by atoms with Gasteiger partial charge in [-0.15, -0.1) is 0 Å². The van der Waals surface area contributed by atoms with Crippen molar-refractivity contribution in [2.24, 2.45) is 58.7 Å². The van der Waals surface area contributed by atoms with Gasteiger partial charge in [0.1, 0.15) is 39.6 Å². The number of esters is 3. The maximum Gasteiger partial charge on any atom is 0.474 e. The van der Waals surface area contributed by atoms with E-state index in [1.165, 1.54) is 34.8 Å². The largest absolute Gasteiger partial charge is 0.474 e. The van der Waals surface area contributed by atoms with Crippen molar-refractivity contribution in [1.82, 2.24) is 5.32 Å². The number of unbranched alkanes of at least 4 members (excludes halogenated alkanes) is 9. The fourth-order valence-electron chi connectivity index (χ4n) is 14.1. The number of hydrogen-bond acceptors (Lipinski definition) is 38. The Labute approximate surface area is 839 Å². The van der Waals surface area contributed by atoms with Gasteiger partial charge < -0.3 is 132 Å². The van der Waals surface area contributed by atoms with Crippen molar-refractivity contribution in [2.45, 2.75) is 256 Å². The summed E-state index contributed by atoms with van der Waals surface area (Å²) in [6.45, 7) is 48.0. The summed E-state index contributed by atoms with van der Waals surface area (Å²) < 4.78 is 216. The summed E-state index contributed by atoms with van der Waals surface area (Å²) in [5.41, 5.74) is -1.35. The third kappa shape index (κ3) is 61.7. The van der Waals surface area contributed by atoms with Crippen LogP contribution in [0.2, 0.25) is 0 Å². The van der Waals surface area contributed by atoms with Gasteiger partial charge in [-0.05, 0) is 107 Å². The van der Waals surface area contributed by atoms with E-state index in [9.17, 15) is 29.0 Å². The molecule has 42 nitrogen and oxygen atoms in total. The summed E-state index contributed by atoms with van der Waals surface area (Å²) in [5, 5.41) is 25.2. The highest BCUT2D eigenvalue weighted by atomic mass is 31.2. The molecule has 0 spiro atoms. The molecule has 47 heteroatoms. The summed E-state index contributed by atoms with van der Waals surface area (Å²) in [6, 6.07) is 3.51. The van der Waals surface area contributed by atoms with E-state index in [4.69, 9.17) is 162 Å². The van der Waals surface area contributed by atoms with E-state index in [-0.39, 0.29) is 295 Å². The average Bonchev–Trinajstić information content (AvgIpc) is 0.809. The first kappa shape index (κ1) is 128. The molecule has 3 aliphatic heterocycles. The molecule has 13 unspecified atom stereocenters. The van der Waals surface area contributed by atoms with Crippen molar-refractivity contribution < 1.29 is 169 Å². The number of ether oxygens (including phenoxy) is 14. The summed E-state index contributed by atoms with van der Waals surface area (Å²) in [4.78, 5) is 57.5. The first-order valence-electron chi connectivity index (χ1n) is 50.1. The van der Waals surface area contributed by atoms with Crippen LogP contribution < -0.4 is 5.32 Å². The third-order valence-electron chi connectivity index (χ3n) is 22.8. The second-order valence-electron chi connectivity index (χ2n) is 34.1. The molecular formula is C93H167N6O36P5. The van der Waals surface area contributed by atoms with Gasteiger partial charge in [0.15, 0.2) is 18.9 Å². The molecular weight excluding hydrogens is 1930 g/mol. The van der Waals surface area contributed by atoms with Crippen LogP contribution in [-0.2, 0) is 162 Å². The van der Waals surface area contributed by atoms with Crippen molar-refractivity contribution in [3.05, 3.63) is 34.3 Å². The molecule has 0 aromatic carbocycles. The van der Waals surface area contributed by atoms with E-state index in [1.807, 2.05) is 26.0 Å². The summed E-state index contributed by atoms with van der Waals surface area (Å²) in [7, 11) is -13.1. The number of rotatable bonds is 88. The number of aliphatic hydroxyl groups is 1. The maximum absolute atomic E-state index is 15.1. The quantitative estimate of drug-likeness (QED) is 0.0188. The number of phosphoric ester groups is 2. The van der Waals surface area contributed by atoms with Crippen molar-refractivity contribution in [1.29, 1.82) is 12.0 Å². The summed E-state index contributed by atoms with van der Waals surface area (Å²) >= 11 is 0. The number of carbonyl (C=O) groups excluding carboxylic acids is 4. The second-order valence-corrected chi connectivity index (χ2v) is 41.1. The Bertz CT molecular complexity index is 3550. The molecule has 3 heterocycles. The molecule has 0 aromatic heterocycles. The normalized spacial score (nSPS) is 23.6. The van der Waals surface area contributed by atoms with Crippen LogP contribution in [0, 0.1) is 101 Å². The summed E-state index contributed by atoms with van der Waals surface area (Å²) in [6.07, 6.45) is 7.45. The van der Waals surface area contributed by atoms with E-state index in [2.05, 4.69) is 66.5 Å². The van der Waals surface area contributed by atoms with Crippen LogP contribution in [-0.4, -0.2) is 305 Å². The van der Waals surface area contributed by atoms with E-state index in [0.29, 0.717) is 71.4 Å². The van der Waals surface area contributed by atoms with Crippen LogP contribution in [0.25, 0.3) is 14.5 Å². The molecule has 0 saturated carbocycles. The molecule has 0 radical (unpaired) electrons. The number of amides is 1. The van der Waals surface area contributed by atoms with E-state index in [1.54, 1.807) is 6.92 Å². The molecule has 0 bridgehead atoms. The van der Waals surface area contributed by atoms with Gasteiger partial charge in [-0.25, -0.2) is 28.8 Å². The number of hydrogen-bond donors (Lipinski definition) is 2. The van der Waals surface area contributed by atoms with Crippen molar-refractivity contribution in [3.63, 3.8) is 0 Å². The predicted molar refractivity (Wildman–Crippen MR) is 518 cm³/mol. The smallest absolute Gasteiger partial charge is 0.463 e. The van der Waals surface area contributed by atoms with E-state index in [0.717, 1.165) is 51.4 Å². The van der Waals surface area contributed by atoms with Crippen molar-refractivity contribution in [3.8, 4) is 12.1 Å². The van der Waals surface area contributed by atoms with Gasteiger partial charge in [0.05, 0.1) is 174 Å². The molecule has 3 aliphatic rings. The lowest BCUT2D eigenvalue weighted by atomic mass is 9.79. The fraction of sp³-hybridized carbons (Fsp3) is 0.903. The van der Waals surface area contributed by atoms with Gasteiger partial charge in [0.25, 0.3) is 0 Å². The first-order chi connectivity index (χ1) is 68.5. The second kappa shape index (κ2) is 83.9. The van der Waals surface area contributed by atoms with Crippen LogP contribution in [0.3, 0.4) is 0 Å². The number of carbonyl (C=O) groups is 4. The highest BCUT2D eigenvalue weighted by Gasteiger charge is 2.46. The Morgan fingerprint density at radius 2 is 0.771 bits per heavy atom. The van der Waals surface area contributed by atoms with Crippen LogP contribution in [0.1, 0.15) is 214 Å². The fourth-order valence-corrected chi connectivity index (χ4v) is 19.6. The molecule has 3 fully saturated rings. The van der Waals surface area contributed by atoms with E-state index >= 15 is 4.57 Å². The average molecular weight is 2100 g/mol. The minimum absolute atomic E-state index is 0.00407. The molecule has 0 aliphatic carbocycles. The van der Waals surface area contributed by atoms with Gasteiger partial charge in [0, 0.05) is 100 Å². The first-order valence-corrected chi connectivity index (χ1v) is 55.2. The SMILES string of the molecule is [2H]CCCOCC(COCCCOP(=O)(OCCC#N)OCC(COCCCOP(OCCCCCCOC1OC(COC(C)=O)[C@H](C)[C@H](C)[C@@H]1C)OCC[N+]#[C-])(COCCCOP(OCCCCCCO[C@@H]1OC(COC(C)=O)[C@H](C)[C@H](C)C1NC(C)=O)OCC[N+]#[C-])COCCOP(OCCCCCCO[C@@H]1OC(COC(C)=O)[C@H](C)[C@H](C)C1C)OCC[N+]#[C-])COP(=O)(OCC)OCCC#N.[3H]OC. The topological polar surface area (TPSA) is 463 Å². The van der Waals surface area contributed by atoms with Crippen molar-refractivity contribution in [2.75, 3.05) is 232 Å². The van der Waals surface area contributed by atoms with Crippen molar-refractivity contribution >= 4 is 65.3 Å². The Kier molecular flexibility index (Phi) is 76.9. The lowest BCUT2D eigenvalue weighted by Gasteiger charge is -2.44. The molecule has 22 atom stereocenters. The van der Waals surface area contributed by atoms with Crippen LogP contribution in [0.15, 0.2) is 0 Å². The minimum atomic E-state index is -4.61. The molecule has 140 heavy (non-hydrogen) atoms. The third-order valence-corrected chi connectivity index (χ3v) is 29.3. The number of aliphatic hydroxyl groups excluding tert-OH is 1. The monoisotopic (exact) mass is 2100 g/mol. The number of phosphoric acid groups is 2. The standard InChI is InChI=1S/C92H163N6O35P5.CH4O/c1-18-42-105-62-84(64-129-137(103,125-19-2)126-54-32-37-93)63-106-43-36-56-128-138(104,127-55-33-38-94)130-71-92(70-109-60-61-124-136(123-59-41-97-17)118-51-31-24-21-27-47-111-90-79(10)73(4)75(6)86(132-90)66-114-82(13)101,68-107-44-34-52-119-134(121-57-39-95-15)116-49-29-23-20-26-46-110-89-78(9)72(3)74(5)85(131-89)65-113-81(12)100)69-108-45-35-53-120-135(122-58-40-96-16)117-50-30-25-22-28-48-112-91-88(98-80(11)99)77(8)76(7)87(133-91)67-115-83(14)102;1-2/h72-79,84-91H,18-36,39-71H2,1-14H3,(H,98,99);2H,1H3/t72-,73-,74+,75+,76+,77-,78-,79?,84?,85?,86?,87?,88?,89?,90+,91+,92?,134?,135?,136?,137?,138?;/m0./s1/i1D;2T. The Balaban J connectivity index is 0.0000224.